The molecule has 0 unspecified atom stereocenters. The van der Waals surface area contributed by atoms with Gasteiger partial charge < -0.3 is 11.1 Å². The standard InChI is InChI=1S/C18H13ClF2N4O2/c1-9-6-15(24-25(9)16-5-2-10(20)7-14(16)21)18(27)23-11-3-4-12(17(22)26)13(19)8-11/h2-8H,1H3,(H2,22,26)(H,23,27). The molecule has 3 aromatic rings. The van der Waals surface area contributed by atoms with Crippen LogP contribution in [0.4, 0.5) is 14.5 Å². The van der Waals surface area contributed by atoms with Crippen LogP contribution in [0.15, 0.2) is 42.5 Å². The molecule has 0 bridgehead atoms. The molecule has 0 spiro atoms. The Balaban J connectivity index is 1.86. The molecule has 1 aromatic heterocycles. The van der Waals surface area contributed by atoms with Crippen molar-refractivity contribution < 1.29 is 18.4 Å². The smallest absolute Gasteiger partial charge is 0.276 e. The number of rotatable bonds is 4. The normalized spacial score (nSPS) is 10.7. The van der Waals surface area contributed by atoms with E-state index in [0.29, 0.717) is 11.4 Å². The van der Waals surface area contributed by atoms with Crippen LogP contribution in [0.1, 0.15) is 26.5 Å². The third-order valence-electron chi connectivity index (χ3n) is 3.75. The lowest BCUT2D eigenvalue weighted by atomic mass is 10.2. The number of nitrogens with two attached hydrogens (primary N) is 1. The zero-order chi connectivity index (χ0) is 19.7. The van der Waals surface area contributed by atoms with Gasteiger partial charge >= 0.3 is 0 Å². The Bertz CT molecular complexity index is 1070. The van der Waals surface area contributed by atoms with Gasteiger partial charge in [0.25, 0.3) is 5.91 Å². The predicted molar refractivity (Wildman–Crippen MR) is 96.1 cm³/mol. The molecule has 0 saturated carbocycles. The second-order valence-electron chi connectivity index (χ2n) is 5.69. The van der Waals surface area contributed by atoms with Gasteiger partial charge in [0.05, 0.1) is 10.6 Å². The van der Waals surface area contributed by atoms with E-state index in [9.17, 15) is 18.4 Å². The minimum Gasteiger partial charge on any atom is -0.366 e. The van der Waals surface area contributed by atoms with Crippen LogP contribution in [-0.2, 0) is 0 Å². The van der Waals surface area contributed by atoms with Gasteiger partial charge in [-0.25, -0.2) is 13.5 Å². The Morgan fingerprint density at radius 2 is 1.89 bits per heavy atom. The molecule has 3 rings (SSSR count). The summed E-state index contributed by atoms with van der Waals surface area (Å²) in [5, 5.41) is 6.74. The monoisotopic (exact) mass is 390 g/mol. The average molecular weight is 391 g/mol. The van der Waals surface area contributed by atoms with Gasteiger partial charge in [0.2, 0.25) is 5.91 Å². The van der Waals surface area contributed by atoms with Crippen molar-refractivity contribution in [2.75, 3.05) is 5.32 Å². The summed E-state index contributed by atoms with van der Waals surface area (Å²) >= 11 is 5.95. The number of hydrogen-bond donors (Lipinski definition) is 2. The Labute approximate surface area is 157 Å². The Kier molecular flexibility index (Phi) is 4.91. The van der Waals surface area contributed by atoms with E-state index < -0.39 is 23.4 Å². The second-order valence-corrected chi connectivity index (χ2v) is 6.10. The summed E-state index contributed by atoms with van der Waals surface area (Å²) in [6.45, 7) is 1.63. The fraction of sp³-hybridized carbons (Fsp3) is 0.0556. The van der Waals surface area contributed by atoms with Crippen molar-refractivity contribution in [3.05, 3.63) is 76.1 Å². The predicted octanol–water partition coefficient (Wildman–Crippen LogP) is 3.46. The van der Waals surface area contributed by atoms with Crippen LogP contribution in [-0.4, -0.2) is 21.6 Å². The van der Waals surface area contributed by atoms with Gasteiger partial charge in [-0.15, -0.1) is 0 Å². The van der Waals surface area contributed by atoms with Crippen LogP contribution in [0.2, 0.25) is 5.02 Å². The number of halogens is 3. The molecule has 0 fully saturated rings. The van der Waals surface area contributed by atoms with Crippen molar-refractivity contribution in [2.24, 2.45) is 5.73 Å². The number of primary amides is 1. The molecule has 138 valence electrons. The third kappa shape index (κ3) is 3.80. The third-order valence-corrected chi connectivity index (χ3v) is 4.06. The lowest BCUT2D eigenvalue weighted by Gasteiger charge is -2.06. The van der Waals surface area contributed by atoms with Crippen molar-refractivity contribution in [1.29, 1.82) is 0 Å². The highest BCUT2D eigenvalue weighted by Crippen LogP contribution is 2.22. The van der Waals surface area contributed by atoms with Crippen molar-refractivity contribution in [3.8, 4) is 5.69 Å². The van der Waals surface area contributed by atoms with Gasteiger partial charge in [-0.05, 0) is 43.3 Å². The topological polar surface area (TPSA) is 90.0 Å². The lowest BCUT2D eigenvalue weighted by molar-refractivity contribution is 0.0998. The van der Waals surface area contributed by atoms with E-state index in [1.54, 1.807) is 6.92 Å². The first-order valence-corrected chi connectivity index (χ1v) is 8.07. The van der Waals surface area contributed by atoms with E-state index in [2.05, 4.69) is 10.4 Å². The molecule has 0 aliphatic carbocycles. The van der Waals surface area contributed by atoms with Crippen LogP contribution >= 0.6 is 11.6 Å². The van der Waals surface area contributed by atoms with Crippen molar-refractivity contribution >= 4 is 29.1 Å². The number of hydrogen-bond acceptors (Lipinski definition) is 3. The Hall–Kier alpha value is -3.26. The van der Waals surface area contributed by atoms with Crippen LogP contribution in [0.5, 0.6) is 0 Å². The zero-order valence-corrected chi connectivity index (χ0v) is 14.7. The summed E-state index contributed by atoms with van der Waals surface area (Å²) in [4.78, 5) is 23.6. The van der Waals surface area contributed by atoms with Crippen LogP contribution in [0.3, 0.4) is 0 Å². The van der Waals surface area contributed by atoms with Gasteiger partial charge in [0.1, 0.15) is 11.5 Å². The van der Waals surface area contributed by atoms with Gasteiger partial charge in [-0.2, -0.15) is 5.10 Å². The largest absolute Gasteiger partial charge is 0.366 e. The molecule has 1 heterocycles. The molecule has 0 saturated heterocycles. The van der Waals surface area contributed by atoms with Crippen molar-refractivity contribution in [1.82, 2.24) is 9.78 Å². The van der Waals surface area contributed by atoms with Gasteiger partial charge in [-0.1, -0.05) is 11.6 Å². The molecule has 2 aromatic carbocycles. The quantitative estimate of drug-likeness (QED) is 0.714. The molecule has 3 N–H and O–H groups in total. The highest BCUT2D eigenvalue weighted by Gasteiger charge is 2.17. The summed E-state index contributed by atoms with van der Waals surface area (Å²) in [5.74, 6) is -2.77. The first-order chi connectivity index (χ1) is 12.8. The maximum absolute atomic E-state index is 14.0. The Morgan fingerprint density at radius 1 is 1.15 bits per heavy atom. The SMILES string of the molecule is Cc1cc(C(=O)Nc2ccc(C(N)=O)c(Cl)c2)nn1-c1ccc(F)cc1F. The number of aryl methyl sites for hydroxylation is 1. The highest BCUT2D eigenvalue weighted by atomic mass is 35.5. The lowest BCUT2D eigenvalue weighted by Crippen LogP contribution is -2.15. The molecule has 27 heavy (non-hydrogen) atoms. The number of anilines is 1. The summed E-state index contributed by atoms with van der Waals surface area (Å²) in [5.41, 5.74) is 6.15. The van der Waals surface area contributed by atoms with Gasteiger partial charge in [0, 0.05) is 17.4 Å². The maximum Gasteiger partial charge on any atom is 0.276 e. The van der Waals surface area contributed by atoms with Gasteiger partial charge in [0.15, 0.2) is 11.5 Å². The van der Waals surface area contributed by atoms with E-state index in [-0.39, 0.29) is 22.0 Å². The summed E-state index contributed by atoms with van der Waals surface area (Å²) < 4.78 is 28.2. The van der Waals surface area contributed by atoms with Crippen molar-refractivity contribution in [2.45, 2.75) is 6.92 Å². The van der Waals surface area contributed by atoms with Crippen LogP contribution in [0.25, 0.3) is 5.69 Å². The number of nitrogens with zero attached hydrogens (tertiary/aromatic N) is 2. The molecule has 2 amide bonds. The Morgan fingerprint density at radius 3 is 2.52 bits per heavy atom. The number of carbonyl (C=O) groups excluding carboxylic acids is 2. The molecule has 0 aliphatic heterocycles. The molecule has 0 atom stereocenters. The fourth-order valence-corrected chi connectivity index (χ4v) is 2.74. The number of carbonyl (C=O) groups is 2. The molecule has 6 nitrogen and oxygen atoms in total. The summed E-state index contributed by atoms with van der Waals surface area (Å²) in [6, 6.07) is 8.75. The molecular formula is C18H13ClF2N4O2. The molecular weight excluding hydrogens is 378 g/mol. The van der Waals surface area contributed by atoms with Crippen LogP contribution < -0.4 is 11.1 Å². The summed E-state index contributed by atoms with van der Waals surface area (Å²) in [6.07, 6.45) is 0. The minimum atomic E-state index is -0.804. The van der Waals surface area contributed by atoms with E-state index in [4.69, 9.17) is 17.3 Å². The highest BCUT2D eigenvalue weighted by molar-refractivity contribution is 6.34. The molecule has 0 aliphatic rings. The number of aromatic nitrogens is 2. The van der Waals surface area contributed by atoms with E-state index in [1.165, 1.54) is 35.0 Å². The van der Waals surface area contributed by atoms with E-state index >= 15 is 0 Å². The first kappa shape index (κ1) is 18.5. The fourth-order valence-electron chi connectivity index (χ4n) is 2.47. The minimum absolute atomic E-state index is 0.0156. The van der Waals surface area contributed by atoms with E-state index in [1.807, 2.05) is 0 Å². The van der Waals surface area contributed by atoms with Gasteiger partial charge in [-0.3, -0.25) is 9.59 Å². The second kappa shape index (κ2) is 7.16. The molecule has 0 radical (unpaired) electrons. The average Bonchev–Trinajstić information content (AvgIpc) is 2.96. The van der Waals surface area contributed by atoms with Crippen molar-refractivity contribution in [3.63, 3.8) is 0 Å². The maximum atomic E-state index is 14.0. The number of nitrogens with one attached hydrogen (secondary N) is 1. The van der Waals surface area contributed by atoms with Crippen LogP contribution in [0, 0.1) is 18.6 Å². The van der Waals surface area contributed by atoms with E-state index in [0.717, 1.165) is 12.1 Å². The molecule has 9 heteroatoms. The summed E-state index contributed by atoms with van der Waals surface area (Å²) in [7, 11) is 0. The first-order valence-electron chi connectivity index (χ1n) is 7.69. The number of benzene rings is 2. The number of amides is 2. The zero-order valence-electron chi connectivity index (χ0n) is 14.0.